The van der Waals surface area contributed by atoms with Crippen LogP contribution in [0.2, 0.25) is 0 Å². The minimum Gasteiger partial charge on any atom is -0.487 e. The van der Waals surface area contributed by atoms with Crippen LogP contribution < -0.4 is 10.5 Å². The monoisotopic (exact) mass is 291 g/mol. The average Bonchev–Trinajstić information content (AvgIpc) is 2.64. The molecule has 1 aliphatic heterocycles. The van der Waals surface area contributed by atoms with Gasteiger partial charge in [0, 0.05) is 18.0 Å². The molecule has 2 unspecified atom stereocenters. The van der Waals surface area contributed by atoms with E-state index in [4.69, 9.17) is 10.5 Å². The second-order valence-electron chi connectivity index (χ2n) is 6.86. The summed E-state index contributed by atoms with van der Waals surface area (Å²) < 4.78 is 19.7. The number of rotatable bonds is 2. The number of fused-ring (bicyclic) bond motifs is 1. The Labute approximate surface area is 126 Å². The number of benzene rings is 1. The van der Waals surface area contributed by atoms with Crippen molar-refractivity contribution in [2.24, 2.45) is 11.7 Å². The maximum absolute atomic E-state index is 13.4. The molecule has 3 heteroatoms. The zero-order valence-corrected chi connectivity index (χ0v) is 12.9. The summed E-state index contributed by atoms with van der Waals surface area (Å²) in [6, 6.07) is 4.65. The second-order valence-corrected chi connectivity index (χ2v) is 6.86. The highest BCUT2D eigenvalue weighted by Gasteiger charge is 2.41. The van der Waals surface area contributed by atoms with Crippen molar-refractivity contribution in [1.29, 1.82) is 0 Å². The predicted molar refractivity (Wildman–Crippen MR) is 82.8 cm³/mol. The van der Waals surface area contributed by atoms with E-state index in [1.54, 1.807) is 6.07 Å². The molecule has 0 aromatic heterocycles. The summed E-state index contributed by atoms with van der Waals surface area (Å²) in [4.78, 5) is 0. The molecule has 1 heterocycles. The molecule has 3 atom stereocenters. The van der Waals surface area contributed by atoms with Gasteiger partial charge in [-0.25, -0.2) is 4.39 Å². The van der Waals surface area contributed by atoms with Crippen molar-refractivity contribution in [3.05, 3.63) is 29.6 Å². The maximum atomic E-state index is 13.4. The average molecular weight is 291 g/mol. The molecule has 116 valence electrons. The van der Waals surface area contributed by atoms with Crippen LogP contribution in [0.4, 0.5) is 4.39 Å². The van der Waals surface area contributed by atoms with E-state index < -0.39 is 0 Å². The first kappa shape index (κ1) is 14.8. The van der Waals surface area contributed by atoms with Crippen molar-refractivity contribution < 1.29 is 9.13 Å². The number of hydrogen-bond acceptors (Lipinski definition) is 2. The maximum Gasteiger partial charge on any atom is 0.125 e. The van der Waals surface area contributed by atoms with Gasteiger partial charge < -0.3 is 10.5 Å². The zero-order valence-electron chi connectivity index (χ0n) is 12.9. The molecule has 21 heavy (non-hydrogen) atoms. The second kappa shape index (κ2) is 5.96. The number of ether oxygens (including phenoxy) is 1. The van der Waals surface area contributed by atoms with Gasteiger partial charge in [0.25, 0.3) is 0 Å². The minimum atomic E-state index is -0.229. The Morgan fingerprint density at radius 3 is 3.00 bits per heavy atom. The van der Waals surface area contributed by atoms with E-state index in [0.29, 0.717) is 0 Å². The summed E-state index contributed by atoms with van der Waals surface area (Å²) in [6.07, 6.45) is 9.34. The van der Waals surface area contributed by atoms with Gasteiger partial charge in [0.1, 0.15) is 17.2 Å². The van der Waals surface area contributed by atoms with Crippen LogP contribution in [0.1, 0.15) is 69.9 Å². The summed E-state index contributed by atoms with van der Waals surface area (Å²) in [6.45, 7) is 2.26. The SMILES string of the molecule is CCCC1CCCC2(CC1)C[C@@H](N)c1cc(F)ccc1O2. The Kier molecular flexibility index (Phi) is 4.21. The van der Waals surface area contributed by atoms with E-state index in [-0.39, 0.29) is 17.5 Å². The molecule has 1 aromatic carbocycles. The normalized spacial score (nSPS) is 32.3. The zero-order chi connectivity index (χ0) is 14.9. The van der Waals surface area contributed by atoms with E-state index in [1.165, 1.54) is 44.2 Å². The molecule has 0 bridgehead atoms. The van der Waals surface area contributed by atoms with Gasteiger partial charge in [0.15, 0.2) is 0 Å². The summed E-state index contributed by atoms with van der Waals surface area (Å²) in [5, 5.41) is 0. The number of halogens is 1. The third kappa shape index (κ3) is 3.08. The summed E-state index contributed by atoms with van der Waals surface area (Å²) in [5.74, 6) is 1.40. The van der Waals surface area contributed by atoms with Crippen LogP contribution in [0.25, 0.3) is 0 Å². The summed E-state index contributed by atoms with van der Waals surface area (Å²) >= 11 is 0. The Balaban J connectivity index is 1.79. The molecule has 1 saturated carbocycles. The van der Waals surface area contributed by atoms with Gasteiger partial charge in [0.2, 0.25) is 0 Å². The highest BCUT2D eigenvalue weighted by atomic mass is 19.1. The molecule has 0 amide bonds. The molecular formula is C18H26FNO. The first-order valence-electron chi connectivity index (χ1n) is 8.36. The Hall–Kier alpha value is -1.09. The molecule has 0 saturated heterocycles. The number of nitrogens with two attached hydrogens (primary N) is 1. The van der Waals surface area contributed by atoms with Crippen molar-refractivity contribution in [3.8, 4) is 5.75 Å². The topological polar surface area (TPSA) is 35.2 Å². The van der Waals surface area contributed by atoms with Crippen molar-refractivity contribution in [2.45, 2.75) is 69.9 Å². The lowest BCUT2D eigenvalue weighted by molar-refractivity contribution is 0.0201. The fourth-order valence-corrected chi connectivity index (χ4v) is 4.14. The molecule has 2 aliphatic rings. The van der Waals surface area contributed by atoms with Crippen molar-refractivity contribution in [3.63, 3.8) is 0 Å². The quantitative estimate of drug-likeness (QED) is 0.855. The van der Waals surface area contributed by atoms with E-state index in [9.17, 15) is 4.39 Å². The van der Waals surface area contributed by atoms with Crippen LogP contribution in [0.5, 0.6) is 5.75 Å². The lowest BCUT2D eigenvalue weighted by atomic mass is 9.82. The Morgan fingerprint density at radius 2 is 2.19 bits per heavy atom. The van der Waals surface area contributed by atoms with Gasteiger partial charge in [0.05, 0.1) is 0 Å². The minimum absolute atomic E-state index is 0.104. The first-order valence-corrected chi connectivity index (χ1v) is 8.36. The lowest BCUT2D eigenvalue weighted by Gasteiger charge is -2.41. The van der Waals surface area contributed by atoms with Gasteiger partial charge in [-0.1, -0.05) is 26.2 Å². The van der Waals surface area contributed by atoms with Crippen LogP contribution in [0.3, 0.4) is 0 Å². The third-order valence-corrected chi connectivity index (χ3v) is 5.24. The van der Waals surface area contributed by atoms with E-state index in [2.05, 4.69) is 6.92 Å². The molecule has 3 rings (SSSR count). The van der Waals surface area contributed by atoms with E-state index in [0.717, 1.165) is 36.5 Å². The number of hydrogen-bond donors (Lipinski definition) is 1. The van der Waals surface area contributed by atoms with Crippen LogP contribution in [0, 0.1) is 11.7 Å². The fraction of sp³-hybridized carbons (Fsp3) is 0.667. The van der Waals surface area contributed by atoms with Crippen molar-refractivity contribution in [1.82, 2.24) is 0 Å². The van der Waals surface area contributed by atoms with Crippen molar-refractivity contribution in [2.75, 3.05) is 0 Å². The summed E-state index contributed by atoms with van der Waals surface area (Å²) in [7, 11) is 0. The predicted octanol–water partition coefficient (Wildman–Crippen LogP) is 4.73. The largest absolute Gasteiger partial charge is 0.487 e. The van der Waals surface area contributed by atoms with Gasteiger partial charge in [-0.05, 0) is 49.8 Å². The molecular weight excluding hydrogens is 265 g/mol. The van der Waals surface area contributed by atoms with E-state index >= 15 is 0 Å². The molecule has 1 aromatic rings. The van der Waals surface area contributed by atoms with Crippen LogP contribution >= 0.6 is 0 Å². The van der Waals surface area contributed by atoms with Gasteiger partial charge in [-0.3, -0.25) is 0 Å². The lowest BCUT2D eigenvalue weighted by Crippen LogP contribution is -2.42. The first-order chi connectivity index (χ1) is 10.1. The highest BCUT2D eigenvalue weighted by Crippen LogP contribution is 2.45. The third-order valence-electron chi connectivity index (χ3n) is 5.24. The fourth-order valence-electron chi connectivity index (χ4n) is 4.14. The molecule has 0 radical (unpaired) electrons. The highest BCUT2D eigenvalue weighted by molar-refractivity contribution is 5.39. The van der Waals surface area contributed by atoms with Crippen LogP contribution in [0.15, 0.2) is 18.2 Å². The summed E-state index contributed by atoms with van der Waals surface area (Å²) in [5.41, 5.74) is 7.03. The molecule has 2 N–H and O–H groups in total. The smallest absolute Gasteiger partial charge is 0.125 e. The van der Waals surface area contributed by atoms with Crippen LogP contribution in [-0.4, -0.2) is 5.60 Å². The molecule has 1 aliphatic carbocycles. The van der Waals surface area contributed by atoms with Gasteiger partial charge in [-0.15, -0.1) is 0 Å². The molecule has 2 nitrogen and oxygen atoms in total. The van der Waals surface area contributed by atoms with Crippen LogP contribution in [-0.2, 0) is 0 Å². The standard InChI is InChI=1S/C18H26FNO/c1-2-4-13-5-3-9-18(10-8-13)12-16(20)15-11-14(19)6-7-17(15)21-18/h6-7,11,13,16H,2-5,8-10,12,20H2,1H3/t13?,16-,18?/m1/s1. The van der Waals surface area contributed by atoms with Gasteiger partial charge in [-0.2, -0.15) is 0 Å². The Morgan fingerprint density at radius 1 is 1.33 bits per heavy atom. The van der Waals surface area contributed by atoms with E-state index in [1.807, 2.05) is 0 Å². The van der Waals surface area contributed by atoms with Crippen molar-refractivity contribution >= 4 is 0 Å². The molecule has 1 spiro atoms. The van der Waals surface area contributed by atoms with Gasteiger partial charge >= 0.3 is 0 Å². The molecule has 1 fully saturated rings. The Bertz CT molecular complexity index is 504.